The van der Waals surface area contributed by atoms with Crippen molar-refractivity contribution >= 4 is 5.97 Å². The smallest absolute Gasteiger partial charge is 0.545 e. The van der Waals surface area contributed by atoms with Gasteiger partial charge in [-0.2, -0.15) is 0 Å². The van der Waals surface area contributed by atoms with Crippen molar-refractivity contribution in [3.63, 3.8) is 0 Å². The maximum atomic E-state index is 10.2. The first-order chi connectivity index (χ1) is 4.72. The van der Waals surface area contributed by atoms with E-state index in [0.717, 1.165) is 0 Å². The van der Waals surface area contributed by atoms with Gasteiger partial charge in [0, 0.05) is 5.56 Å². The van der Waals surface area contributed by atoms with E-state index < -0.39 is 5.97 Å². The van der Waals surface area contributed by atoms with Crippen LogP contribution in [0.1, 0.15) is 10.4 Å². The molecule has 0 heterocycles. The Morgan fingerprint density at radius 3 is 2.17 bits per heavy atom. The van der Waals surface area contributed by atoms with Crippen molar-refractivity contribution in [1.82, 2.24) is 0 Å². The van der Waals surface area contributed by atoms with Crippen molar-refractivity contribution in [1.29, 1.82) is 0 Å². The summed E-state index contributed by atoms with van der Waals surface area (Å²) in [5.74, 6) is -1.62. The van der Waals surface area contributed by atoms with Crippen LogP contribution in [0.25, 0.3) is 0 Å². The summed E-state index contributed by atoms with van der Waals surface area (Å²) in [5.41, 5.74) is -0.178. The van der Waals surface area contributed by atoms with E-state index in [0.29, 0.717) is 0 Å². The molecule has 1 rings (SSSR count). The van der Waals surface area contributed by atoms with Crippen LogP contribution in [0.15, 0.2) is 24.3 Å². The maximum Gasteiger partial charge on any atom is 3.00 e. The van der Waals surface area contributed by atoms with Gasteiger partial charge in [0.25, 0.3) is 0 Å². The molecule has 0 spiro atoms. The van der Waals surface area contributed by atoms with Crippen LogP contribution in [0.3, 0.4) is 0 Å². The average Bonchev–Trinajstić information content (AvgIpc) is 1.88. The Labute approximate surface area is 103 Å². The molecule has 1 aromatic carbocycles. The molecule has 0 aliphatic carbocycles. The molecule has 5 heteroatoms. The normalized spacial score (nSPS) is 7.67. The first-order valence-electron chi connectivity index (χ1n) is 2.71. The average molecular weight is 216 g/mol. The molecule has 0 saturated heterocycles. The Balaban J connectivity index is 0. The van der Waals surface area contributed by atoms with Crippen LogP contribution in [0.2, 0.25) is 0 Å². The van der Waals surface area contributed by atoms with Gasteiger partial charge in [-0.05, 0) is 12.1 Å². The molecule has 0 aliphatic heterocycles. The Morgan fingerprint density at radius 2 is 1.83 bits per heavy atom. The molecule has 0 aliphatic rings. The van der Waals surface area contributed by atoms with Gasteiger partial charge in [-0.25, -0.2) is 0 Å². The fraction of sp³-hybridized carbons (Fsp3) is 0. The minimum absolute atomic E-state index is 0. The van der Waals surface area contributed by atoms with Crippen molar-refractivity contribution in [2.75, 3.05) is 0 Å². The van der Waals surface area contributed by atoms with E-state index in [4.69, 9.17) is 5.11 Å². The van der Waals surface area contributed by atoms with Gasteiger partial charge in [0.05, 0.1) is 5.97 Å². The number of hydrogen-bond donors (Lipinski definition) is 1. The van der Waals surface area contributed by atoms with Crippen molar-refractivity contribution in [2.24, 2.45) is 0 Å². The van der Waals surface area contributed by atoms with E-state index in [1.165, 1.54) is 18.2 Å². The Kier molecular flexibility index (Phi) is 7.89. The summed E-state index contributed by atoms with van der Waals surface area (Å²) in [5, 5.41) is 19.0. The van der Waals surface area contributed by atoms with E-state index in [9.17, 15) is 9.90 Å². The van der Waals surface area contributed by atoms with Crippen LogP contribution in [-0.4, -0.2) is 11.1 Å². The predicted octanol–water partition coefficient (Wildman–Crippen LogP) is -3.24. The summed E-state index contributed by atoms with van der Waals surface area (Å²) in [7, 11) is 0. The van der Waals surface area contributed by atoms with Gasteiger partial charge >= 0.3 is 46.6 Å². The molecule has 12 heavy (non-hydrogen) atoms. The molecular weight excluding hydrogens is 211 g/mol. The quantitative estimate of drug-likeness (QED) is 0.501. The number of para-hydroxylation sites is 1. The molecule has 1 aromatic rings. The van der Waals surface area contributed by atoms with Crippen LogP contribution in [-0.2, 0) is 17.1 Å². The fourth-order valence-corrected chi connectivity index (χ4v) is 0.646. The van der Waals surface area contributed by atoms with Crippen LogP contribution < -0.4 is 34.7 Å². The third-order valence-electron chi connectivity index (χ3n) is 1.12. The van der Waals surface area contributed by atoms with Gasteiger partial charge in [0.15, 0.2) is 0 Å². The second-order valence-corrected chi connectivity index (χ2v) is 1.80. The zero-order chi connectivity index (χ0) is 7.56. The van der Waals surface area contributed by atoms with E-state index in [2.05, 4.69) is 0 Å². The minimum Gasteiger partial charge on any atom is -0.545 e. The standard InChI is InChI=1S/C7H6O3.Fe.Na/c8-6-4-2-1-3-5(6)7(9)10;;/h1-4,8H,(H,9,10);;/q;+3;+1/p-1. The van der Waals surface area contributed by atoms with Crippen molar-refractivity contribution in [3.05, 3.63) is 29.8 Å². The van der Waals surface area contributed by atoms with Gasteiger partial charge in [-0.1, -0.05) is 12.1 Å². The minimum atomic E-state index is -1.36. The number of carbonyl (C=O) groups excluding carboxylic acids is 1. The number of carboxylic acids is 1. The zero-order valence-electron chi connectivity index (χ0n) is 6.43. The van der Waals surface area contributed by atoms with Crippen LogP contribution in [0.5, 0.6) is 5.75 Å². The largest absolute Gasteiger partial charge is 3.00 e. The summed E-state index contributed by atoms with van der Waals surface area (Å²) in [6.45, 7) is 0. The summed E-state index contributed by atoms with van der Waals surface area (Å²) in [4.78, 5) is 10.2. The first kappa shape index (κ1) is 14.5. The van der Waals surface area contributed by atoms with E-state index in [1.807, 2.05) is 0 Å². The number of benzene rings is 1. The second kappa shape index (κ2) is 6.52. The van der Waals surface area contributed by atoms with Gasteiger partial charge in [0.1, 0.15) is 5.75 Å². The molecule has 57 valence electrons. The number of carbonyl (C=O) groups is 1. The molecule has 0 atom stereocenters. The maximum absolute atomic E-state index is 10.2. The third kappa shape index (κ3) is 3.61. The molecule has 0 saturated carbocycles. The van der Waals surface area contributed by atoms with Crippen molar-refractivity contribution in [2.45, 2.75) is 0 Å². The van der Waals surface area contributed by atoms with E-state index in [1.54, 1.807) is 6.07 Å². The van der Waals surface area contributed by atoms with Crippen molar-refractivity contribution in [3.8, 4) is 5.75 Å². The summed E-state index contributed by atoms with van der Waals surface area (Å²) >= 11 is 0. The Hall–Kier alpha value is 0.00948. The topological polar surface area (TPSA) is 60.4 Å². The van der Waals surface area contributed by atoms with Gasteiger partial charge in [-0.15, -0.1) is 0 Å². The fourth-order valence-electron chi connectivity index (χ4n) is 0.646. The Bertz CT molecular complexity index is 265. The summed E-state index contributed by atoms with van der Waals surface area (Å²) in [6.07, 6.45) is 0. The molecule has 0 unspecified atom stereocenters. The number of rotatable bonds is 1. The number of aromatic carboxylic acids is 1. The number of hydrogen-bond acceptors (Lipinski definition) is 3. The molecule has 0 aromatic heterocycles. The number of carboxylic acid groups (broad SMARTS) is 1. The molecule has 0 amide bonds. The first-order valence-corrected chi connectivity index (χ1v) is 2.71. The Morgan fingerprint density at radius 1 is 1.33 bits per heavy atom. The SMILES string of the molecule is O=C([O-])c1ccccc1O.[Fe+3].[Na+]. The van der Waals surface area contributed by atoms with Gasteiger partial charge in [0.2, 0.25) is 0 Å². The zero-order valence-corrected chi connectivity index (χ0v) is 9.53. The number of aromatic hydroxyl groups is 1. The third-order valence-corrected chi connectivity index (χ3v) is 1.12. The molecule has 1 N–H and O–H groups in total. The second-order valence-electron chi connectivity index (χ2n) is 1.80. The molecule has 0 fully saturated rings. The van der Waals surface area contributed by atoms with E-state index in [-0.39, 0.29) is 57.9 Å². The molecule has 3 nitrogen and oxygen atoms in total. The van der Waals surface area contributed by atoms with Gasteiger partial charge < -0.3 is 15.0 Å². The molecule has 0 bridgehead atoms. The van der Waals surface area contributed by atoms with Gasteiger partial charge in [-0.3, -0.25) is 0 Å². The summed E-state index contributed by atoms with van der Waals surface area (Å²) < 4.78 is 0. The number of phenols is 1. The summed E-state index contributed by atoms with van der Waals surface area (Å²) in [6, 6.07) is 5.64. The van der Waals surface area contributed by atoms with Crippen LogP contribution >= 0.6 is 0 Å². The molecule has 1 radical (unpaired) electrons. The van der Waals surface area contributed by atoms with Crippen molar-refractivity contribution < 1.29 is 61.6 Å². The van der Waals surface area contributed by atoms with E-state index >= 15 is 0 Å². The van der Waals surface area contributed by atoms with Crippen LogP contribution in [0.4, 0.5) is 0 Å². The predicted molar refractivity (Wildman–Crippen MR) is 32.4 cm³/mol. The monoisotopic (exact) mass is 216 g/mol. The van der Waals surface area contributed by atoms with Crippen LogP contribution in [0, 0.1) is 0 Å². The molecular formula is C7H5FeNaO3+3.